The fraction of sp³-hybridized carbons (Fsp3) is 0.350. The van der Waals surface area contributed by atoms with Gasteiger partial charge in [0.25, 0.3) is 0 Å². The van der Waals surface area contributed by atoms with Crippen LogP contribution in [0.25, 0.3) is 11.0 Å². The number of benzene rings is 2. The number of aromatic nitrogens is 2. The highest BCUT2D eigenvalue weighted by atomic mass is 127. The average Bonchev–Trinajstić information content (AvgIpc) is 3.25. The second kappa shape index (κ2) is 7.23. The first-order valence-corrected chi connectivity index (χ1v) is 10.2. The third kappa shape index (κ3) is 3.35. The van der Waals surface area contributed by atoms with Crippen molar-refractivity contribution in [3.63, 3.8) is 0 Å². The van der Waals surface area contributed by atoms with E-state index in [0.29, 0.717) is 0 Å². The van der Waals surface area contributed by atoms with Crippen LogP contribution in [0.4, 0.5) is 0 Å². The van der Waals surface area contributed by atoms with Gasteiger partial charge in [0.2, 0.25) is 0 Å². The van der Waals surface area contributed by atoms with Crippen molar-refractivity contribution in [2.75, 3.05) is 13.1 Å². The molecule has 4 rings (SSSR count). The van der Waals surface area contributed by atoms with E-state index in [2.05, 4.69) is 80.6 Å². The van der Waals surface area contributed by atoms with E-state index < -0.39 is 0 Å². The molecular formula is C20H22IN3. The minimum Gasteiger partial charge on any atom is -0.322 e. The first kappa shape index (κ1) is 16.1. The highest BCUT2D eigenvalue weighted by Gasteiger charge is 2.17. The van der Waals surface area contributed by atoms with Crippen molar-refractivity contribution in [3.05, 3.63) is 65.5 Å². The molecule has 0 aliphatic carbocycles. The Kier molecular flexibility index (Phi) is 4.85. The topological polar surface area (TPSA) is 21.1 Å². The quantitative estimate of drug-likeness (QED) is 0.435. The number of imidazole rings is 1. The molecule has 24 heavy (non-hydrogen) atoms. The summed E-state index contributed by atoms with van der Waals surface area (Å²) in [6, 6.07) is 17.5. The first-order valence-electron chi connectivity index (χ1n) is 8.64. The Labute approximate surface area is 156 Å². The van der Waals surface area contributed by atoms with Gasteiger partial charge in [-0.25, -0.2) is 4.98 Å². The molecule has 0 unspecified atom stereocenters. The van der Waals surface area contributed by atoms with E-state index in [1.165, 1.54) is 48.4 Å². The van der Waals surface area contributed by atoms with Crippen LogP contribution in [0, 0.1) is 0 Å². The smallest absolute Gasteiger partial charge is 0.124 e. The Morgan fingerprint density at radius 3 is 2.33 bits per heavy atom. The zero-order valence-corrected chi connectivity index (χ0v) is 15.9. The second-order valence-electron chi connectivity index (χ2n) is 6.54. The van der Waals surface area contributed by atoms with Crippen LogP contribution in [0.5, 0.6) is 0 Å². The third-order valence-corrected chi connectivity index (χ3v) is 5.70. The van der Waals surface area contributed by atoms with Crippen LogP contribution in [0.2, 0.25) is 0 Å². The van der Waals surface area contributed by atoms with Crippen molar-refractivity contribution in [1.82, 2.24) is 14.5 Å². The highest BCUT2D eigenvalue weighted by molar-refractivity contribution is 14.1. The lowest BCUT2D eigenvalue weighted by atomic mass is 10.1. The Morgan fingerprint density at radius 1 is 0.875 bits per heavy atom. The van der Waals surface area contributed by atoms with Crippen LogP contribution in [-0.4, -0.2) is 27.5 Å². The number of rotatable bonds is 5. The molecule has 1 aliphatic rings. The van der Waals surface area contributed by atoms with E-state index in [0.717, 1.165) is 23.0 Å². The number of para-hydroxylation sites is 2. The summed E-state index contributed by atoms with van der Waals surface area (Å²) in [5, 5.41) is 0. The summed E-state index contributed by atoms with van der Waals surface area (Å²) in [4.78, 5) is 7.45. The summed E-state index contributed by atoms with van der Waals surface area (Å²) in [6.45, 7) is 4.26. The van der Waals surface area contributed by atoms with Crippen molar-refractivity contribution in [1.29, 1.82) is 0 Å². The van der Waals surface area contributed by atoms with Crippen LogP contribution in [-0.2, 0) is 17.5 Å². The van der Waals surface area contributed by atoms with Gasteiger partial charge in [-0.1, -0.05) is 59.0 Å². The van der Waals surface area contributed by atoms with Gasteiger partial charge in [0.1, 0.15) is 5.82 Å². The number of fused-ring (bicyclic) bond motifs is 1. The number of hydrogen-bond donors (Lipinski definition) is 0. The second-order valence-corrected chi connectivity index (χ2v) is 7.30. The lowest BCUT2D eigenvalue weighted by Gasteiger charge is -2.16. The minimum atomic E-state index is 0.894. The zero-order chi connectivity index (χ0) is 16.4. The number of nitrogens with zero attached hydrogens (tertiary/aromatic N) is 3. The standard InChI is InChI=1S/C20H22IN3/c21-13-16-7-9-17(10-8-16)14-24-19-6-2-1-5-18(19)22-20(24)15-23-11-3-4-12-23/h1-2,5-10H,3-4,11-15H2. The van der Waals surface area contributed by atoms with E-state index in [1.807, 2.05) is 0 Å². The van der Waals surface area contributed by atoms with Crippen molar-refractivity contribution in [3.8, 4) is 0 Å². The van der Waals surface area contributed by atoms with Gasteiger partial charge >= 0.3 is 0 Å². The monoisotopic (exact) mass is 431 g/mol. The molecule has 1 saturated heterocycles. The maximum Gasteiger partial charge on any atom is 0.124 e. The lowest BCUT2D eigenvalue weighted by molar-refractivity contribution is 0.318. The van der Waals surface area contributed by atoms with Crippen LogP contribution in [0.3, 0.4) is 0 Å². The van der Waals surface area contributed by atoms with Crippen LogP contribution in [0.15, 0.2) is 48.5 Å². The zero-order valence-electron chi connectivity index (χ0n) is 13.8. The predicted octanol–water partition coefficient (Wildman–Crippen LogP) is 4.62. The molecule has 2 aromatic carbocycles. The molecule has 2 heterocycles. The molecular weight excluding hydrogens is 409 g/mol. The van der Waals surface area contributed by atoms with Gasteiger partial charge in [0.15, 0.2) is 0 Å². The van der Waals surface area contributed by atoms with E-state index in [9.17, 15) is 0 Å². The van der Waals surface area contributed by atoms with Gasteiger partial charge < -0.3 is 4.57 Å². The third-order valence-electron chi connectivity index (χ3n) is 4.82. The average molecular weight is 431 g/mol. The van der Waals surface area contributed by atoms with Crippen molar-refractivity contribution >= 4 is 33.6 Å². The van der Waals surface area contributed by atoms with Gasteiger partial charge in [-0.2, -0.15) is 0 Å². The summed E-state index contributed by atoms with van der Waals surface area (Å²) >= 11 is 2.41. The van der Waals surface area contributed by atoms with Crippen LogP contribution < -0.4 is 0 Å². The molecule has 0 N–H and O–H groups in total. The van der Waals surface area contributed by atoms with Crippen LogP contribution >= 0.6 is 22.6 Å². The maximum absolute atomic E-state index is 4.93. The fourth-order valence-electron chi connectivity index (χ4n) is 3.48. The molecule has 1 aromatic heterocycles. The first-order chi connectivity index (χ1) is 11.8. The highest BCUT2D eigenvalue weighted by Crippen LogP contribution is 2.21. The van der Waals surface area contributed by atoms with Gasteiger partial charge in [0, 0.05) is 11.0 Å². The SMILES string of the molecule is ICc1ccc(Cn2c(CN3CCCC3)nc3ccccc32)cc1. The molecule has 0 radical (unpaired) electrons. The molecule has 1 fully saturated rings. The fourth-order valence-corrected chi connectivity index (χ4v) is 3.99. The molecule has 3 aromatic rings. The van der Waals surface area contributed by atoms with Crippen LogP contribution in [0.1, 0.15) is 29.8 Å². The molecule has 3 nitrogen and oxygen atoms in total. The van der Waals surface area contributed by atoms with Gasteiger partial charge in [0.05, 0.1) is 17.6 Å². The summed E-state index contributed by atoms with van der Waals surface area (Å²) in [5.41, 5.74) is 5.07. The van der Waals surface area contributed by atoms with Crippen molar-refractivity contribution < 1.29 is 0 Å². The Balaban J connectivity index is 1.68. The number of halogens is 1. The molecule has 124 valence electrons. The summed E-state index contributed by atoms with van der Waals surface area (Å²) < 4.78 is 3.46. The molecule has 0 amide bonds. The molecule has 0 saturated carbocycles. The van der Waals surface area contributed by atoms with E-state index in [1.54, 1.807) is 0 Å². The normalized spacial score (nSPS) is 15.4. The number of hydrogen-bond acceptors (Lipinski definition) is 2. The van der Waals surface area contributed by atoms with Gasteiger partial charge in [-0.3, -0.25) is 4.90 Å². The Bertz CT molecular complexity index is 817. The van der Waals surface area contributed by atoms with E-state index in [-0.39, 0.29) is 0 Å². The number of alkyl halides is 1. The molecule has 1 aliphatic heterocycles. The van der Waals surface area contributed by atoms with E-state index >= 15 is 0 Å². The lowest BCUT2D eigenvalue weighted by Crippen LogP contribution is -2.21. The van der Waals surface area contributed by atoms with Gasteiger partial charge in [-0.15, -0.1) is 0 Å². The molecule has 0 atom stereocenters. The molecule has 4 heteroatoms. The number of likely N-dealkylation sites (tertiary alicyclic amines) is 1. The largest absolute Gasteiger partial charge is 0.322 e. The summed E-state index contributed by atoms with van der Waals surface area (Å²) in [7, 11) is 0. The molecule has 0 bridgehead atoms. The predicted molar refractivity (Wildman–Crippen MR) is 108 cm³/mol. The van der Waals surface area contributed by atoms with Gasteiger partial charge in [-0.05, 0) is 49.2 Å². The minimum absolute atomic E-state index is 0.894. The Morgan fingerprint density at radius 2 is 1.58 bits per heavy atom. The Hall–Kier alpha value is -1.40. The maximum atomic E-state index is 4.93. The van der Waals surface area contributed by atoms with Crippen molar-refractivity contribution in [2.24, 2.45) is 0 Å². The summed E-state index contributed by atoms with van der Waals surface area (Å²) in [6.07, 6.45) is 2.63. The van der Waals surface area contributed by atoms with Crippen molar-refractivity contribution in [2.45, 2.75) is 30.4 Å². The molecule has 0 spiro atoms. The summed E-state index contributed by atoms with van der Waals surface area (Å²) in [5.74, 6) is 1.19. The van der Waals surface area contributed by atoms with E-state index in [4.69, 9.17) is 4.98 Å².